The lowest BCUT2D eigenvalue weighted by atomic mass is 9.65. The first kappa shape index (κ1) is 32.7. The summed E-state index contributed by atoms with van der Waals surface area (Å²) in [4.78, 5) is 42.9. The summed E-state index contributed by atoms with van der Waals surface area (Å²) in [5.74, 6) is -1.56. The quantitative estimate of drug-likeness (QED) is 0.248. The lowest BCUT2D eigenvalue weighted by Crippen LogP contribution is -2.61. The number of carbonyl (C=O) groups is 3. The Morgan fingerprint density at radius 2 is 1.81 bits per heavy atom. The molecule has 2 heterocycles. The highest BCUT2D eigenvalue weighted by Crippen LogP contribution is 2.52. The average molecular weight is 593 g/mol. The number of benzene rings is 2. The van der Waals surface area contributed by atoms with Gasteiger partial charge in [-0.2, -0.15) is 0 Å². The van der Waals surface area contributed by atoms with Crippen molar-refractivity contribution in [2.24, 2.45) is 16.7 Å². The lowest BCUT2D eigenvalue weighted by molar-refractivity contribution is -0.180. The molecule has 2 aromatic carbocycles. The number of hydrogen-bond acceptors (Lipinski definition) is 6. The standard InChI is InChI=1S/C35H48N2O6/c1-7-8-18-42-19-12-17-36-31(38)20-27-22-35(33(40)41-6)24(2)43-30(34(3,4)5)21-29(35)37(32(27)39)23-26-15-11-14-25-13-9-10-16-28(25)26/h9-11,13-16,21,24,27,30H,7-8,12,17-20,22-23H2,1-6H3,(H,36,38)/t24-,27+,30-,35+/m1/s1. The first-order valence-electron chi connectivity index (χ1n) is 15.6. The van der Waals surface area contributed by atoms with E-state index in [1.807, 2.05) is 55.5 Å². The summed E-state index contributed by atoms with van der Waals surface area (Å²) in [6.07, 6.45) is 3.95. The van der Waals surface area contributed by atoms with Crippen LogP contribution in [0.5, 0.6) is 0 Å². The second-order valence-corrected chi connectivity index (χ2v) is 12.9. The van der Waals surface area contributed by atoms with Crippen molar-refractivity contribution in [2.45, 2.75) is 85.5 Å². The predicted octanol–water partition coefficient (Wildman–Crippen LogP) is 5.78. The molecule has 43 heavy (non-hydrogen) atoms. The molecule has 0 spiro atoms. The van der Waals surface area contributed by atoms with Gasteiger partial charge in [-0.25, -0.2) is 0 Å². The monoisotopic (exact) mass is 592 g/mol. The molecule has 0 radical (unpaired) electrons. The first-order valence-corrected chi connectivity index (χ1v) is 15.6. The number of hydrogen-bond donors (Lipinski definition) is 1. The van der Waals surface area contributed by atoms with Gasteiger partial charge in [-0.1, -0.05) is 76.6 Å². The third-order valence-electron chi connectivity index (χ3n) is 8.76. The first-order chi connectivity index (χ1) is 20.5. The van der Waals surface area contributed by atoms with Crippen LogP contribution in [0.1, 0.15) is 72.3 Å². The van der Waals surface area contributed by atoms with Gasteiger partial charge in [0.05, 0.1) is 25.9 Å². The highest BCUT2D eigenvalue weighted by Gasteiger charge is 2.60. The van der Waals surface area contributed by atoms with Gasteiger partial charge in [0.15, 0.2) is 0 Å². The maximum absolute atomic E-state index is 14.3. The summed E-state index contributed by atoms with van der Waals surface area (Å²) in [7, 11) is 1.37. The summed E-state index contributed by atoms with van der Waals surface area (Å²) in [6.45, 7) is 12.2. The number of likely N-dealkylation sites (tertiary alicyclic amines) is 1. The molecule has 2 aromatic rings. The molecule has 4 rings (SSSR count). The Morgan fingerprint density at radius 3 is 2.53 bits per heavy atom. The maximum Gasteiger partial charge on any atom is 0.320 e. The van der Waals surface area contributed by atoms with Crippen LogP contribution in [-0.2, 0) is 35.1 Å². The number of nitrogens with one attached hydrogen (secondary N) is 1. The number of esters is 1. The zero-order valence-corrected chi connectivity index (χ0v) is 26.6. The summed E-state index contributed by atoms with van der Waals surface area (Å²) in [6, 6.07) is 14.1. The molecular formula is C35H48N2O6. The van der Waals surface area contributed by atoms with Gasteiger partial charge in [-0.15, -0.1) is 0 Å². The Hall–Kier alpha value is -3.23. The van der Waals surface area contributed by atoms with Gasteiger partial charge in [0.25, 0.3) is 0 Å². The Morgan fingerprint density at radius 1 is 1.09 bits per heavy atom. The van der Waals surface area contributed by atoms with E-state index in [0.717, 1.165) is 35.8 Å². The summed E-state index contributed by atoms with van der Waals surface area (Å²) in [5.41, 5.74) is 0.0736. The van der Waals surface area contributed by atoms with Crippen LogP contribution in [0, 0.1) is 16.7 Å². The molecule has 4 atom stereocenters. The molecule has 2 aliphatic rings. The van der Waals surface area contributed by atoms with Crippen molar-refractivity contribution >= 4 is 28.6 Å². The lowest BCUT2D eigenvalue weighted by Gasteiger charge is -2.53. The average Bonchev–Trinajstić information content (AvgIpc) is 2.98. The smallest absolute Gasteiger partial charge is 0.320 e. The second-order valence-electron chi connectivity index (χ2n) is 12.9. The van der Waals surface area contributed by atoms with E-state index < -0.39 is 23.4 Å². The molecule has 0 aliphatic carbocycles. The summed E-state index contributed by atoms with van der Waals surface area (Å²) in [5, 5.41) is 5.05. The molecular weight excluding hydrogens is 544 g/mol. The predicted molar refractivity (Wildman–Crippen MR) is 167 cm³/mol. The van der Waals surface area contributed by atoms with Crippen LogP contribution in [0.4, 0.5) is 0 Å². The normalized spacial score (nSPS) is 24.0. The zero-order valence-electron chi connectivity index (χ0n) is 26.6. The van der Waals surface area contributed by atoms with Crippen LogP contribution < -0.4 is 5.32 Å². The summed E-state index contributed by atoms with van der Waals surface area (Å²) >= 11 is 0. The topological polar surface area (TPSA) is 94.2 Å². The van der Waals surface area contributed by atoms with Crippen molar-refractivity contribution in [3.05, 3.63) is 59.8 Å². The Labute approximate surface area is 256 Å². The molecule has 0 unspecified atom stereocenters. The molecule has 8 heteroatoms. The third-order valence-corrected chi connectivity index (χ3v) is 8.76. The van der Waals surface area contributed by atoms with Crippen LogP contribution in [-0.4, -0.2) is 61.8 Å². The minimum atomic E-state index is -1.23. The van der Waals surface area contributed by atoms with Crippen LogP contribution in [0.2, 0.25) is 0 Å². The number of unbranched alkanes of at least 4 members (excludes halogenated alkanes) is 1. The number of ether oxygens (including phenoxy) is 3. The highest BCUT2D eigenvalue weighted by molar-refractivity contribution is 5.93. The van der Waals surface area contributed by atoms with Gasteiger partial charge in [-0.3, -0.25) is 14.4 Å². The number of methoxy groups -OCH3 is 1. The van der Waals surface area contributed by atoms with Crippen LogP contribution in [0.3, 0.4) is 0 Å². The summed E-state index contributed by atoms with van der Waals surface area (Å²) < 4.78 is 17.5. The number of piperidine rings is 1. The number of rotatable bonds is 12. The minimum Gasteiger partial charge on any atom is -0.468 e. The molecule has 1 N–H and O–H groups in total. The fourth-order valence-corrected chi connectivity index (χ4v) is 6.25. The van der Waals surface area contributed by atoms with E-state index in [9.17, 15) is 14.4 Å². The molecule has 2 amide bonds. The molecule has 1 saturated heterocycles. The third kappa shape index (κ3) is 7.13. The van der Waals surface area contributed by atoms with Crippen LogP contribution in [0.25, 0.3) is 10.8 Å². The SMILES string of the molecule is CCCCOCCCNC(=O)C[C@H]1C[C@@]2(C(=O)OC)C(=C[C@H](C(C)(C)C)O[C@@H]2C)N(Cc2cccc3ccccc23)C1=O. The van der Waals surface area contributed by atoms with Crippen LogP contribution in [0.15, 0.2) is 54.2 Å². The molecule has 234 valence electrons. The van der Waals surface area contributed by atoms with E-state index in [1.165, 1.54) is 7.11 Å². The zero-order chi connectivity index (χ0) is 31.2. The molecule has 8 nitrogen and oxygen atoms in total. The van der Waals surface area contributed by atoms with Crippen molar-refractivity contribution in [1.29, 1.82) is 0 Å². The fraction of sp³-hybridized carbons (Fsp3) is 0.571. The number of nitrogens with zero attached hydrogens (tertiary/aromatic N) is 1. The van der Waals surface area contributed by atoms with E-state index in [4.69, 9.17) is 14.2 Å². The number of carbonyl (C=O) groups excluding carboxylic acids is 3. The fourth-order valence-electron chi connectivity index (χ4n) is 6.25. The van der Waals surface area contributed by atoms with Crippen molar-refractivity contribution in [3.8, 4) is 0 Å². The largest absolute Gasteiger partial charge is 0.468 e. The van der Waals surface area contributed by atoms with Crippen molar-refractivity contribution in [2.75, 3.05) is 26.9 Å². The second kappa shape index (κ2) is 14.0. The number of amides is 2. The van der Waals surface area contributed by atoms with Crippen molar-refractivity contribution in [1.82, 2.24) is 10.2 Å². The van der Waals surface area contributed by atoms with E-state index in [1.54, 1.807) is 4.90 Å². The molecule has 0 aromatic heterocycles. The van der Waals surface area contributed by atoms with Gasteiger partial charge >= 0.3 is 5.97 Å². The minimum absolute atomic E-state index is 0.0248. The van der Waals surface area contributed by atoms with E-state index in [0.29, 0.717) is 25.3 Å². The molecule has 0 bridgehead atoms. The van der Waals surface area contributed by atoms with Gasteiger partial charge in [0, 0.05) is 37.8 Å². The van der Waals surface area contributed by atoms with Gasteiger partial charge in [-0.05, 0) is 54.0 Å². The van der Waals surface area contributed by atoms with Gasteiger partial charge in [0.2, 0.25) is 11.8 Å². The maximum atomic E-state index is 14.3. The van der Waals surface area contributed by atoms with Gasteiger partial charge in [0.1, 0.15) is 5.41 Å². The highest BCUT2D eigenvalue weighted by atomic mass is 16.5. The van der Waals surface area contributed by atoms with Crippen molar-refractivity contribution in [3.63, 3.8) is 0 Å². The Kier molecular flexibility index (Phi) is 10.7. The van der Waals surface area contributed by atoms with E-state index in [-0.39, 0.29) is 42.7 Å². The number of fused-ring (bicyclic) bond motifs is 2. The molecule has 1 fully saturated rings. The van der Waals surface area contributed by atoms with E-state index >= 15 is 0 Å². The van der Waals surface area contributed by atoms with Crippen LogP contribution >= 0.6 is 0 Å². The molecule has 0 saturated carbocycles. The Bertz CT molecular complexity index is 1330. The van der Waals surface area contributed by atoms with Crippen molar-refractivity contribution < 1.29 is 28.6 Å². The molecule has 2 aliphatic heterocycles. The van der Waals surface area contributed by atoms with E-state index in [2.05, 4.69) is 33.0 Å². The Balaban J connectivity index is 1.67. The van der Waals surface area contributed by atoms with Gasteiger partial charge < -0.3 is 24.4 Å².